The van der Waals surface area contributed by atoms with Crippen molar-refractivity contribution in [2.75, 3.05) is 19.6 Å². The molecule has 1 amide bonds. The van der Waals surface area contributed by atoms with Crippen LogP contribution in [-0.2, 0) is 11.3 Å². The fraction of sp³-hybridized carbons (Fsp3) is 0.692. The van der Waals surface area contributed by atoms with Gasteiger partial charge in [0.05, 0.1) is 17.2 Å². The molecule has 0 radical (unpaired) electrons. The molecule has 1 fully saturated rings. The highest BCUT2D eigenvalue weighted by Crippen LogP contribution is 2.16. The minimum atomic E-state index is -0.0285. The summed E-state index contributed by atoms with van der Waals surface area (Å²) < 4.78 is 0. The quantitative estimate of drug-likeness (QED) is 0.835. The van der Waals surface area contributed by atoms with Gasteiger partial charge in [0.15, 0.2) is 0 Å². The van der Waals surface area contributed by atoms with Crippen LogP contribution in [0.15, 0.2) is 10.9 Å². The van der Waals surface area contributed by atoms with Gasteiger partial charge in [0, 0.05) is 31.6 Å². The van der Waals surface area contributed by atoms with Gasteiger partial charge in [-0.05, 0) is 12.8 Å². The van der Waals surface area contributed by atoms with Gasteiger partial charge < -0.3 is 4.90 Å². The molecule has 1 aromatic rings. The topological polar surface area (TPSA) is 36.4 Å². The summed E-state index contributed by atoms with van der Waals surface area (Å²) >= 11 is 1.61. The highest BCUT2D eigenvalue weighted by molar-refractivity contribution is 7.07. The Morgan fingerprint density at radius 3 is 2.89 bits per heavy atom. The van der Waals surface area contributed by atoms with Crippen LogP contribution in [0.4, 0.5) is 0 Å². The number of carbonyl (C=O) groups is 1. The van der Waals surface area contributed by atoms with Crippen LogP contribution >= 0.6 is 11.3 Å². The molecule has 0 aromatic carbocycles. The molecule has 1 aliphatic heterocycles. The summed E-state index contributed by atoms with van der Waals surface area (Å²) in [6.07, 6.45) is 0. The van der Waals surface area contributed by atoms with E-state index in [-0.39, 0.29) is 11.9 Å². The van der Waals surface area contributed by atoms with E-state index in [1.165, 1.54) is 0 Å². The van der Waals surface area contributed by atoms with Crippen molar-refractivity contribution in [1.29, 1.82) is 0 Å². The highest BCUT2D eigenvalue weighted by atomic mass is 32.1. The van der Waals surface area contributed by atoms with Gasteiger partial charge >= 0.3 is 0 Å². The van der Waals surface area contributed by atoms with Crippen molar-refractivity contribution < 1.29 is 4.79 Å². The molecule has 1 aromatic heterocycles. The summed E-state index contributed by atoms with van der Waals surface area (Å²) in [4.78, 5) is 20.8. The van der Waals surface area contributed by atoms with Gasteiger partial charge in [0.25, 0.3) is 0 Å². The van der Waals surface area contributed by atoms with E-state index < -0.39 is 0 Å². The average Bonchev–Trinajstić information content (AvgIpc) is 2.81. The zero-order valence-electron chi connectivity index (χ0n) is 11.3. The van der Waals surface area contributed by atoms with Gasteiger partial charge in [-0.1, -0.05) is 13.8 Å². The van der Waals surface area contributed by atoms with Crippen molar-refractivity contribution in [3.05, 3.63) is 16.6 Å². The molecule has 1 aliphatic rings. The average molecular weight is 267 g/mol. The standard InChI is InChI=1S/C13H21N3OS/c1-10(2)6-16-5-4-15(11(3)13(16)17)7-12-8-18-9-14-12/h8-11H,4-7H2,1-3H3/t11-/m0/s1. The fourth-order valence-electron chi connectivity index (χ4n) is 2.34. The second-order valence-electron chi connectivity index (χ2n) is 5.30. The number of aromatic nitrogens is 1. The minimum absolute atomic E-state index is 0.0285. The molecule has 1 saturated heterocycles. The monoisotopic (exact) mass is 267 g/mol. The first-order valence-electron chi connectivity index (χ1n) is 6.48. The number of carbonyl (C=O) groups excluding carboxylic acids is 1. The van der Waals surface area contributed by atoms with Crippen LogP contribution in [0.2, 0.25) is 0 Å². The van der Waals surface area contributed by atoms with Crippen molar-refractivity contribution >= 4 is 17.2 Å². The van der Waals surface area contributed by atoms with Gasteiger partial charge in [-0.15, -0.1) is 11.3 Å². The maximum Gasteiger partial charge on any atom is 0.239 e. The van der Waals surface area contributed by atoms with E-state index in [1.807, 2.05) is 17.3 Å². The Morgan fingerprint density at radius 2 is 2.28 bits per heavy atom. The number of nitrogens with zero attached hydrogens (tertiary/aromatic N) is 3. The van der Waals surface area contributed by atoms with Crippen molar-refractivity contribution in [3.63, 3.8) is 0 Å². The van der Waals surface area contributed by atoms with Gasteiger partial charge in [-0.25, -0.2) is 4.98 Å². The first kappa shape index (κ1) is 13.5. The van der Waals surface area contributed by atoms with Crippen LogP contribution in [0.1, 0.15) is 26.5 Å². The molecule has 100 valence electrons. The molecule has 0 unspecified atom stereocenters. The normalized spacial score (nSPS) is 21.9. The Morgan fingerprint density at radius 1 is 1.50 bits per heavy atom. The number of piperazine rings is 1. The third kappa shape index (κ3) is 3.09. The Hall–Kier alpha value is -0.940. The number of amides is 1. The van der Waals surface area contributed by atoms with E-state index in [2.05, 4.69) is 29.1 Å². The molecular weight excluding hydrogens is 246 g/mol. The van der Waals surface area contributed by atoms with Crippen LogP contribution in [0.3, 0.4) is 0 Å². The summed E-state index contributed by atoms with van der Waals surface area (Å²) in [5.74, 6) is 0.788. The molecule has 2 rings (SSSR count). The summed E-state index contributed by atoms with van der Waals surface area (Å²) in [6.45, 7) is 9.74. The first-order chi connectivity index (χ1) is 8.58. The minimum Gasteiger partial charge on any atom is -0.340 e. The van der Waals surface area contributed by atoms with Crippen LogP contribution in [0.5, 0.6) is 0 Å². The third-order valence-electron chi connectivity index (χ3n) is 3.31. The molecule has 1 atom stereocenters. The summed E-state index contributed by atoms with van der Waals surface area (Å²) in [7, 11) is 0. The summed E-state index contributed by atoms with van der Waals surface area (Å²) in [6, 6.07) is -0.0285. The zero-order chi connectivity index (χ0) is 13.1. The molecule has 0 saturated carbocycles. The lowest BCUT2D eigenvalue weighted by Gasteiger charge is -2.39. The molecule has 0 aliphatic carbocycles. The van der Waals surface area contributed by atoms with Crippen LogP contribution in [0.25, 0.3) is 0 Å². The second-order valence-corrected chi connectivity index (χ2v) is 6.02. The Bertz CT molecular complexity index is 391. The Labute approximate surface area is 113 Å². The largest absolute Gasteiger partial charge is 0.340 e. The zero-order valence-corrected chi connectivity index (χ0v) is 12.1. The summed E-state index contributed by atoms with van der Waals surface area (Å²) in [5, 5.41) is 2.05. The van der Waals surface area contributed by atoms with E-state index in [1.54, 1.807) is 11.3 Å². The predicted molar refractivity (Wildman–Crippen MR) is 73.4 cm³/mol. The third-order valence-corrected chi connectivity index (χ3v) is 3.94. The number of thiazole rings is 1. The van der Waals surface area contributed by atoms with Crippen molar-refractivity contribution in [2.45, 2.75) is 33.4 Å². The molecule has 0 N–H and O–H groups in total. The van der Waals surface area contributed by atoms with E-state index in [4.69, 9.17) is 0 Å². The number of rotatable bonds is 4. The van der Waals surface area contributed by atoms with E-state index in [0.717, 1.165) is 31.9 Å². The van der Waals surface area contributed by atoms with Crippen LogP contribution < -0.4 is 0 Å². The van der Waals surface area contributed by atoms with E-state index in [9.17, 15) is 4.79 Å². The number of hydrogen-bond acceptors (Lipinski definition) is 4. The van der Waals surface area contributed by atoms with E-state index in [0.29, 0.717) is 5.92 Å². The van der Waals surface area contributed by atoms with Crippen molar-refractivity contribution in [2.24, 2.45) is 5.92 Å². The molecule has 18 heavy (non-hydrogen) atoms. The van der Waals surface area contributed by atoms with Gasteiger partial charge in [0.1, 0.15) is 0 Å². The molecule has 5 heteroatoms. The first-order valence-corrected chi connectivity index (χ1v) is 7.42. The predicted octanol–water partition coefficient (Wildman–Crippen LogP) is 1.83. The lowest BCUT2D eigenvalue weighted by molar-refractivity contribution is -0.141. The smallest absolute Gasteiger partial charge is 0.239 e. The van der Waals surface area contributed by atoms with Gasteiger partial charge in [-0.3, -0.25) is 9.69 Å². The summed E-state index contributed by atoms with van der Waals surface area (Å²) in [5.41, 5.74) is 2.91. The SMILES string of the molecule is CC(C)CN1CCN(Cc2cscn2)[C@@H](C)C1=O. The highest BCUT2D eigenvalue weighted by Gasteiger charge is 2.31. The molecular formula is C13H21N3OS. The van der Waals surface area contributed by atoms with Gasteiger partial charge in [-0.2, -0.15) is 0 Å². The van der Waals surface area contributed by atoms with Crippen molar-refractivity contribution in [3.8, 4) is 0 Å². The molecule has 4 nitrogen and oxygen atoms in total. The second kappa shape index (κ2) is 5.80. The molecule has 0 spiro atoms. The molecule has 2 heterocycles. The Balaban J connectivity index is 1.95. The maximum absolute atomic E-state index is 12.3. The van der Waals surface area contributed by atoms with Crippen LogP contribution in [0, 0.1) is 5.92 Å². The fourth-order valence-corrected chi connectivity index (χ4v) is 2.88. The lowest BCUT2D eigenvalue weighted by atomic mass is 10.1. The lowest BCUT2D eigenvalue weighted by Crippen LogP contribution is -2.56. The van der Waals surface area contributed by atoms with Gasteiger partial charge in [0.2, 0.25) is 5.91 Å². The van der Waals surface area contributed by atoms with Crippen LogP contribution in [-0.4, -0.2) is 46.4 Å². The Kier molecular flexibility index (Phi) is 4.35. The van der Waals surface area contributed by atoms with Crippen molar-refractivity contribution in [1.82, 2.24) is 14.8 Å². The van der Waals surface area contributed by atoms with E-state index >= 15 is 0 Å². The maximum atomic E-state index is 12.3. The number of hydrogen-bond donors (Lipinski definition) is 0. The molecule has 0 bridgehead atoms.